The normalized spacial score (nSPS) is 17.6. The largest absolute Gasteiger partial charge is 0.358 e. The molecule has 3 aromatic rings. The molecular formula is C23H24N2O. The van der Waals surface area contributed by atoms with Crippen molar-refractivity contribution in [2.75, 3.05) is 6.54 Å². The summed E-state index contributed by atoms with van der Waals surface area (Å²) in [6, 6.07) is 18.8. The number of para-hydroxylation sites is 1. The van der Waals surface area contributed by atoms with Gasteiger partial charge in [-0.15, -0.1) is 0 Å². The Morgan fingerprint density at radius 1 is 0.962 bits per heavy atom. The molecule has 0 fully saturated rings. The maximum absolute atomic E-state index is 12.9. The van der Waals surface area contributed by atoms with Gasteiger partial charge in [-0.1, -0.05) is 48.5 Å². The van der Waals surface area contributed by atoms with E-state index in [4.69, 9.17) is 0 Å². The highest BCUT2D eigenvalue weighted by Crippen LogP contribution is 2.41. The van der Waals surface area contributed by atoms with Crippen molar-refractivity contribution < 1.29 is 4.79 Å². The lowest BCUT2D eigenvalue weighted by Crippen LogP contribution is -2.32. The molecule has 26 heavy (non-hydrogen) atoms. The minimum absolute atomic E-state index is 0.0161. The summed E-state index contributed by atoms with van der Waals surface area (Å²) in [5.41, 5.74) is 6.81. The fourth-order valence-electron chi connectivity index (χ4n) is 4.09. The number of fused-ring (bicyclic) bond motifs is 1. The maximum Gasteiger partial charge on any atom is 0.250 e. The topological polar surface area (TPSA) is 36.1 Å². The van der Waals surface area contributed by atoms with Crippen molar-refractivity contribution in [3.8, 4) is 0 Å². The van der Waals surface area contributed by atoms with Gasteiger partial charge in [-0.3, -0.25) is 4.79 Å². The third-order valence-corrected chi connectivity index (χ3v) is 5.60. The first-order valence-corrected chi connectivity index (χ1v) is 9.17. The lowest BCUT2D eigenvalue weighted by Gasteiger charge is -2.27. The molecule has 1 aromatic heterocycles. The lowest BCUT2D eigenvalue weighted by molar-refractivity contribution is -0.127. The highest BCUT2D eigenvalue weighted by atomic mass is 16.2. The van der Waals surface area contributed by atoms with Crippen LogP contribution in [0.25, 0.3) is 10.9 Å². The Labute approximate surface area is 154 Å². The second kappa shape index (κ2) is 6.49. The Kier molecular flexibility index (Phi) is 4.15. The zero-order valence-corrected chi connectivity index (χ0v) is 15.5. The van der Waals surface area contributed by atoms with E-state index in [1.807, 2.05) is 24.0 Å². The number of hydrogen-bond acceptors (Lipinski definition) is 1. The highest BCUT2D eigenvalue weighted by Gasteiger charge is 2.37. The number of nitrogens with one attached hydrogen (secondary N) is 1. The van der Waals surface area contributed by atoms with E-state index in [0.29, 0.717) is 0 Å². The molecule has 1 N–H and O–H groups in total. The van der Waals surface area contributed by atoms with Crippen molar-refractivity contribution in [3.05, 3.63) is 82.6 Å². The molecule has 132 valence electrons. The molecule has 0 unspecified atom stereocenters. The molecule has 0 radical (unpaired) electrons. The fourth-order valence-corrected chi connectivity index (χ4v) is 4.09. The molecule has 1 aliphatic heterocycles. The molecule has 0 aliphatic carbocycles. The van der Waals surface area contributed by atoms with Gasteiger partial charge in [0.25, 0.3) is 0 Å². The second-order valence-corrected chi connectivity index (χ2v) is 7.15. The van der Waals surface area contributed by atoms with E-state index in [-0.39, 0.29) is 11.9 Å². The quantitative estimate of drug-likeness (QED) is 0.715. The van der Waals surface area contributed by atoms with Gasteiger partial charge >= 0.3 is 0 Å². The Balaban J connectivity index is 1.73. The SMILES string of the molecule is CC1=C(C)[C@@H](c2c(C)[nH]c3ccccc23)N(CCc2ccccc2)C1=O. The van der Waals surface area contributed by atoms with Crippen molar-refractivity contribution in [3.63, 3.8) is 0 Å². The van der Waals surface area contributed by atoms with Crippen LogP contribution >= 0.6 is 0 Å². The van der Waals surface area contributed by atoms with Crippen molar-refractivity contribution in [2.45, 2.75) is 33.2 Å². The lowest BCUT2D eigenvalue weighted by atomic mass is 9.96. The van der Waals surface area contributed by atoms with Gasteiger partial charge in [0.1, 0.15) is 0 Å². The molecule has 0 saturated carbocycles. The van der Waals surface area contributed by atoms with Crippen LogP contribution in [0.3, 0.4) is 0 Å². The van der Waals surface area contributed by atoms with Crippen LogP contribution in [0.15, 0.2) is 65.7 Å². The van der Waals surface area contributed by atoms with Crippen molar-refractivity contribution in [1.29, 1.82) is 0 Å². The van der Waals surface area contributed by atoms with Gasteiger partial charge in [0.05, 0.1) is 6.04 Å². The second-order valence-electron chi connectivity index (χ2n) is 7.15. The summed E-state index contributed by atoms with van der Waals surface area (Å²) >= 11 is 0. The summed E-state index contributed by atoms with van der Waals surface area (Å²) < 4.78 is 0. The molecule has 4 rings (SSSR count). The summed E-state index contributed by atoms with van der Waals surface area (Å²) in [5, 5.41) is 1.21. The van der Waals surface area contributed by atoms with Crippen molar-refractivity contribution >= 4 is 16.8 Å². The number of carbonyl (C=O) groups excluding carboxylic acids is 1. The van der Waals surface area contributed by atoms with Crippen LogP contribution in [0.5, 0.6) is 0 Å². The average molecular weight is 344 g/mol. The summed E-state index contributed by atoms with van der Waals surface area (Å²) in [5.74, 6) is 0.160. The number of benzene rings is 2. The van der Waals surface area contributed by atoms with Gasteiger partial charge in [0.15, 0.2) is 0 Å². The van der Waals surface area contributed by atoms with Crippen LogP contribution < -0.4 is 0 Å². The molecule has 3 heteroatoms. The first kappa shape index (κ1) is 16.6. The Morgan fingerprint density at radius 2 is 1.65 bits per heavy atom. The minimum Gasteiger partial charge on any atom is -0.358 e. The van der Waals surface area contributed by atoms with Gasteiger partial charge in [-0.05, 0) is 44.4 Å². The molecule has 2 heterocycles. The number of carbonyl (C=O) groups is 1. The molecule has 1 atom stereocenters. The van der Waals surface area contributed by atoms with Crippen LogP contribution in [-0.2, 0) is 11.2 Å². The number of aryl methyl sites for hydroxylation is 1. The molecule has 0 bridgehead atoms. The first-order valence-electron chi connectivity index (χ1n) is 9.17. The fraction of sp³-hybridized carbons (Fsp3) is 0.261. The molecule has 3 nitrogen and oxygen atoms in total. The predicted molar refractivity (Wildman–Crippen MR) is 106 cm³/mol. The maximum atomic E-state index is 12.9. The van der Waals surface area contributed by atoms with E-state index >= 15 is 0 Å². The molecule has 2 aromatic carbocycles. The predicted octanol–water partition coefficient (Wildman–Crippen LogP) is 4.94. The number of aromatic nitrogens is 1. The van der Waals surface area contributed by atoms with E-state index in [0.717, 1.165) is 35.3 Å². The first-order chi connectivity index (χ1) is 12.6. The van der Waals surface area contributed by atoms with E-state index in [2.05, 4.69) is 61.3 Å². The summed E-state index contributed by atoms with van der Waals surface area (Å²) in [4.78, 5) is 18.5. The van der Waals surface area contributed by atoms with Gasteiger partial charge in [0, 0.05) is 34.3 Å². The van der Waals surface area contributed by atoms with E-state index in [1.165, 1.54) is 16.5 Å². The standard InChI is InChI=1S/C23H24N2O/c1-15-16(2)23(26)25(14-13-18-9-5-4-6-10-18)22(15)21-17(3)24-20-12-8-7-11-19(20)21/h4-12,22,24H,13-14H2,1-3H3/t22-/m0/s1. The van der Waals surface area contributed by atoms with Crippen LogP contribution in [0.4, 0.5) is 0 Å². The monoisotopic (exact) mass is 344 g/mol. The van der Waals surface area contributed by atoms with Crippen LogP contribution in [0.2, 0.25) is 0 Å². The zero-order valence-electron chi connectivity index (χ0n) is 15.5. The smallest absolute Gasteiger partial charge is 0.250 e. The Bertz CT molecular complexity index is 997. The van der Waals surface area contributed by atoms with Gasteiger partial charge in [-0.2, -0.15) is 0 Å². The Hall–Kier alpha value is -2.81. The third-order valence-electron chi connectivity index (χ3n) is 5.60. The van der Waals surface area contributed by atoms with Crippen molar-refractivity contribution in [1.82, 2.24) is 9.88 Å². The minimum atomic E-state index is 0.0161. The van der Waals surface area contributed by atoms with Crippen LogP contribution in [0, 0.1) is 6.92 Å². The molecule has 0 saturated heterocycles. The summed E-state index contributed by atoms with van der Waals surface area (Å²) in [6.45, 7) is 6.89. The number of aromatic amines is 1. The number of rotatable bonds is 4. The van der Waals surface area contributed by atoms with Gasteiger partial charge in [-0.25, -0.2) is 0 Å². The third kappa shape index (κ3) is 2.64. The van der Waals surface area contributed by atoms with Crippen molar-refractivity contribution in [2.24, 2.45) is 0 Å². The molecule has 1 aliphatic rings. The molecule has 1 amide bonds. The number of H-pyrrole nitrogens is 1. The number of hydrogen-bond donors (Lipinski definition) is 1. The Morgan fingerprint density at radius 3 is 2.42 bits per heavy atom. The summed E-state index contributed by atoms with van der Waals surface area (Å²) in [7, 11) is 0. The molecule has 0 spiro atoms. The summed E-state index contributed by atoms with van der Waals surface area (Å²) in [6.07, 6.45) is 0.866. The van der Waals surface area contributed by atoms with Gasteiger partial charge < -0.3 is 9.88 Å². The highest BCUT2D eigenvalue weighted by molar-refractivity contribution is 5.98. The number of nitrogens with zero attached hydrogens (tertiary/aromatic N) is 1. The molecular weight excluding hydrogens is 320 g/mol. The van der Waals surface area contributed by atoms with E-state index < -0.39 is 0 Å². The van der Waals surface area contributed by atoms with E-state index in [9.17, 15) is 4.79 Å². The zero-order chi connectivity index (χ0) is 18.3. The number of amides is 1. The van der Waals surface area contributed by atoms with Crippen LogP contribution in [-0.4, -0.2) is 22.3 Å². The van der Waals surface area contributed by atoms with Gasteiger partial charge in [0.2, 0.25) is 5.91 Å². The van der Waals surface area contributed by atoms with E-state index in [1.54, 1.807) is 0 Å². The average Bonchev–Trinajstić information content (AvgIpc) is 3.09. The van der Waals surface area contributed by atoms with Crippen LogP contribution in [0.1, 0.15) is 36.7 Å².